The highest BCUT2D eigenvalue weighted by molar-refractivity contribution is 6.34. The summed E-state index contributed by atoms with van der Waals surface area (Å²) >= 11 is 11.7. The van der Waals surface area contributed by atoms with Crippen molar-refractivity contribution in [1.82, 2.24) is 4.98 Å². The first-order chi connectivity index (χ1) is 8.95. The number of aromatic nitrogens is 1. The quantitative estimate of drug-likeness (QED) is 0.923. The molecule has 1 heterocycles. The molecule has 1 aromatic carbocycles. The van der Waals surface area contributed by atoms with Gasteiger partial charge in [0.15, 0.2) is 0 Å². The van der Waals surface area contributed by atoms with Crippen LogP contribution in [0.25, 0.3) is 0 Å². The number of rotatable bonds is 3. The molecule has 0 spiro atoms. The third-order valence-electron chi connectivity index (χ3n) is 2.28. The van der Waals surface area contributed by atoms with E-state index in [0.717, 1.165) is 0 Å². The van der Waals surface area contributed by atoms with Gasteiger partial charge in [0.2, 0.25) is 5.88 Å². The normalized spacial score (nSPS) is 10.3. The Kier molecular flexibility index (Phi) is 3.93. The third kappa shape index (κ3) is 3.36. The average molecular weight is 298 g/mol. The number of benzene rings is 1. The van der Waals surface area contributed by atoms with Crippen LogP contribution in [0.4, 0.5) is 0 Å². The van der Waals surface area contributed by atoms with Crippen LogP contribution in [-0.4, -0.2) is 16.1 Å². The monoisotopic (exact) mass is 297 g/mol. The SMILES string of the molecule is Cc1ccc(C(=O)O)c(Oc2cc(Cl)cc(Cl)c2)n1. The summed E-state index contributed by atoms with van der Waals surface area (Å²) in [5, 5.41) is 9.86. The molecule has 0 aliphatic rings. The first-order valence-electron chi connectivity index (χ1n) is 5.30. The molecule has 0 aliphatic heterocycles. The lowest BCUT2D eigenvalue weighted by Gasteiger charge is -2.09. The van der Waals surface area contributed by atoms with Crippen LogP contribution in [0.2, 0.25) is 10.0 Å². The van der Waals surface area contributed by atoms with Crippen LogP contribution in [0.5, 0.6) is 11.6 Å². The smallest absolute Gasteiger partial charge is 0.341 e. The Hall–Kier alpha value is -1.78. The number of hydrogen-bond acceptors (Lipinski definition) is 3. The molecule has 1 aromatic heterocycles. The predicted molar refractivity (Wildman–Crippen MR) is 72.5 cm³/mol. The average Bonchev–Trinajstić information content (AvgIpc) is 2.26. The van der Waals surface area contributed by atoms with Crippen LogP contribution in [0.3, 0.4) is 0 Å². The largest absolute Gasteiger partial charge is 0.477 e. The third-order valence-corrected chi connectivity index (χ3v) is 2.72. The highest BCUT2D eigenvalue weighted by Crippen LogP contribution is 2.29. The minimum Gasteiger partial charge on any atom is -0.477 e. The first-order valence-corrected chi connectivity index (χ1v) is 6.06. The van der Waals surface area contributed by atoms with Crippen molar-refractivity contribution >= 4 is 29.2 Å². The van der Waals surface area contributed by atoms with E-state index >= 15 is 0 Å². The number of carboxylic acid groups (broad SMARTS) is 1. The van der Waals surface area contributed by atoms with Gasteiger partial charge in [-0.2, -0.15) is 0 Å². The van der Waals surface area contributed by atoms with Crippen LogP contribution < -0.4 is 4.74 Å². The van der Waals surface area contributed by atoms with Crippen LogP contribution in [0.1, 0.15) is 16.1 Å². The number of nitrogens with zero attached hydrogens (tertiary/aromatic N) is 1. The van der Waals surface area contributed by atoms with Gasteiger partial charge in [-0.15, -0.1) is 0 Å². The molecule has 0 radical (unpaired) electrons. The summed E-state index contributed by atoms with van der Waals surface area (Å²) in [6, 6.07) is 7.65. The molecule has 0 saturated heterocycles. The molecule has 0 bridgehead atoms. The molecule has 1 N–H and O–H groups in total. The number of ether oxygens (including phenoxy) is 1. The van der Waals surface area contributed by atoms with E-state index in [-0.39, 0.29) is 11.4 Å². The number of aryl methyl sites for hydroxylation is 1. The fourth-order valence-electron chi connectivity index (χ4n) is 1.47. The van der Waals surface area contributed by atoms with Gasteiger partial charge in [0.1, 0.15) is 11.3 Å². The van der Waals surface area contributed by atoms with Crippen molar-refractivity contribution in [2.45, 2.75) is 6.92 Å². The van der Waals surface area contributed by atoms with Gasteiger partial charge in [-0.3, -0.25) is 0 Å². The standard InChI is InChI=1S/C13H9Cl2NO3/c1-7-2-3-11(13(17)18)12(16-7)19-10-5-8(14)4-9(15)6-10/h2-6H,1H3,(H,17,18). The second kappa shape index (κ2) is 5.47. The molecule has 0 saturated carbocycles. The Balaban J connectivity index is 2.42. The summed E-state index contributed by atoms with van der Waals surface area (Å²) in [6.07, 6.45) is 0. The van der Waals surface area contributed by atoms with Gasteiger partial charge in [0.25, 0.3) is 0 Å². The number of aromatic carboxylic acids is 1. The van der Waals surface area contributed by atoms with Crippen molar-refractivity contribution < 1.29 is 14.6 Å². The summed E-state index contributed by atoms with van der Waals surface area (Å²) in [4.78, 5) is 15.1. The minimum atomic E-state index is -1.12. The van der Waals surface area contributed by atoms with E-state index in [1.165, 1.54) is 18.2 Å². The highest BCUT2D eigenvalue weighted by atomic mass is 35.5. The van der Waals surface area contributed by atoms with E-state index in [1.54, 1.807) is 19.1 Å². The van der Waals surface area contributed by atoms with E-state index in [2.05, 4.69) is 4.98 Å². The Morgan fingerprint density at radius 2 is 1.84 bits per heavy atom. The maximum Gasteiger partial charge on any atom is 0.341 e. The topological polar surface area (TPSA) is 59.4 Å². The molecule has 4 nitrogen and oxygen atoms in total. The molecular formula is C13H9Cl2NO3. The summed E-state index contributed by atoms with van der Waals surface area (Å²) < 4.78 is 5.45. The summed E-state index contributed by atoms with van der Waals surface area (Å²) in [6.45, 7) is 1.74. The van der Waals surface area contributed by atoms with Gasteiger partial charge in [-0.25, -0.2) is 9.78 Å². The molecular weight excluding hydrogens is 289 g/mol. The molecule has 0 amide bonds. The summed E-state index contributed by atoms with van der Waals surface area (Å²) in [7, 11) is 0. The maximum atomic E-state index is 11.1. The van der Waals surface area contributed by atoms with E-state index in [0.29, 0.717) is 21.5 Å². The van der Waals surface area contributed by atoms with Crippen molar-refractivity contribution in [3.63, 3.8) is 0 Å². The van der Waals surface area contributed by atoms with Gasteiger partial charge in [-0.1, -0.05) is 23.2 Å². The zero-order valence-corrected chi connectivity index (χ0v) is 11.4. The predicted octanol–water partition coefficient (Wildman–Crippen LogP) is 4.19. The zero-order chi connectivity index (χ0) is 14.0. The van der Waals surface area contributed by atoms with E-state index in [1.807, 2.05) is 0 Å². The van der Waals surface area contributed by atoms with Crippen molar-refractivity contribution in [2.75, 3.05) is 0 Å². The van der Waals surface area contributed by atoms with Gasteiger partial charge in [-0.05, 0) is 37.3 Å². The molecule has 0 unspecified atom stereocenters. The van der Waals surface area contributed by atoms with Crippen molar-refractivity contribution in [3.8, 4) is 11.6 Å². The lowest BCUT2D eigenvalue weighted by atomic mass is 10.2. The van der Waals surface area contributed by atoms with E-state index < -0.39 is 5.97 Å². The van der Waals surface area contributed by atoms with Crippen LogP contribution in [0.15, 0.2) is 30.3 Å². The van der Waals surface area contributed by atoms with Crippen molar-refractivity contribution in [3.05, 3.63) is 51.6 Å². The fraction of sp³-hybridized carbons (Fsp3) is 0.0769. The molecule has 0 fully saturated rings. The number of carboxylic acids is 1. The molecule has 2 aromatic rings. The van der Waals surface area contributed by atoms with Gasteiger partial charge >= 0.3 is 5.97 Å². The van der Waals surface area contributed by atoms with Gasteiger partial charge in [0, 0.05) is 15.7 Å². The maximum absolute atomic E-state index is 11.1. The number of hydrogen-bond donors (Lipinski definition) is 1. The number of carbonyl (C=O) groups is 1. The van der Waals surface area contributed by atoms with Gasteiger partial charge < -0.3 is 9.84 Å². The molecule has 0 atom stereocenters. The summed E-state index contributed by atoms with van der Waals surface area (Å²) in [5.74, 6) is -0.778. The minimum absolute atomic E-state index is 0.00540. The van der Waals surface area contributed by atoms with Gasteiger partial charge in [0.05, 0.1) is 0 Å². The summed E-state index contributed by atoms with van der Waals surface area (Å²) in [5.41, 5.74) is 0.620. The Labute approximate surface area is 119 Å². The molecule has 2 rings (SSSR count). The lowest BCUT2D eigenvalue weighted by molar-refractivity contribution is 0.0693. The zero-order valence-electron chi connectivity index (χ0n) is 9.85. The van der Waals surface area contributed by atoms with E-state index in [9.17, 15) is 4.79 Å². The molecule has 19 heavy (non-hydrogen) atoms. The first kappa shape index (κ1) is 13.6. The van der Waals surface area contributed by atoms with Crippen LogP contribution in [0, 0.1) is 6.92 Å². The van der Waals surface area contributed by atoms with Crippen LogP contribution in [-0.2, 0) is 0 Å². The molecule has 0 aliphatic carbocycles. The second-order valence-corrected chi connectivity index (χ2v) is 4.69. The van der Waals surface area contributed by atoms with Crippen molar-refractivity contribution in [1.29, 1.82) is 0 Å². The van der Waals surface area contributed by atoms with Crippen LogP contribution >= 0.6 is 23.2 Å². The lowest BCUT2D eigenvalue weighted by Crippen LogP contribution is -2.02. The second-order valence-electron chi connectivity index (χ2n) is 3.82. The Morgan fingerprint density at radius 3 is 2.42 bits per heavy atom. The number of halogens is 2. The molecule has 6 heteroatoms. The fourth-order valence-corrected chi connectivity index (χ4v) is 1.98. The van der Waals surface area contributed by atoms with Crippen molar-refractivity contribution in [2.24, 2.45) is 0 Å². The molecule has 98 valence electrons. The Bertz CT molecular complexity index is 624. The Morgan fingerprint density at radius 1 is 1.21 bits per heavy atom. The highest BCUT2D eigenvalue weighted by Gasteiger charge is 2.14. The number of pyridine rings is 1. The van der Waals surface area contributed by atoms with E-state index in [4.69, 9.17) is 33.0 Å².